The molecular weight excluding hydrogens is 288 g/mol. The Morgan fingerprint density at radius 1 is 1.09 bits per heavy atom. The second-order valence-corrected chi connectivity index (χ2v) is 6.61. The highest BCUT2D eigenvalue weighted by molar-refractivity contribution is 5.92. The van der Waals surface area contributed by atoms with Crippen LogP contribution in [0, 0.1) is 0 Å². The molecule has 0 bridgehead atoms. The molecule has 0 radical (unpaired) electrons. The molecule has 2 aliphatic carbocycles. The van der Waals surface area contributed by atoms with E-state index in [-0.39, 0.29) is 12.1 Å². The monoisotopic (exact) mass is 310 g/mol. The Balaban J connectivity index is 1.58. The maximum Gasteiger partial charge on any atom is 0.315 e. The molecule has 4 nitrogen and oxygen atoms in total. The Kier molecular flexibility index (Phi) is 3.60. The Morgan fingerprint density at radius 3 is 2.65 bits per heavy atom. The number of carbonyl (C=O) groups excluding carboxylic acids is 1. The van der Waals surface area contributed by atoms with Crippen molar-refractivity contribution in [2.75, 3.05) is 7.11 Å². The summed E-state index contributed by atoms with van der Waals surface area (Å²) in [4.78, 5) is 12.2. The molecule has 0 aliphatic heterocycles. The molecule has 4 rings (SSSR count). The number of benzene rings is 2. The number of hydrogen-bond acceptors (Lipinski definition) is 2. The summed E-state index contributed by atoms with van der Waals surface area (Å²) in [7, 11) is 1.71. The molecule has 1 fully saturated rings. The zero-order valence-corrected chi connectivity index (χ0v) is 13.4. The number of methoxy groups -OCH3 is 1. The van der Waals surface area contributed by atoms with Crippen molar-refractivity contribution in [1.82, 2.24) is 10.6 Å². The first-order chi connectivity index (χ1) is 11.2. The molecule has 2 aromatic rings. The molecule has 1 atom stereocenters. The predicted octanol–water partition coefficient (Wildman–Crippen LogP) is 3.17. The second kappa shape index (κ2) is 5.76. The summed E-state index contributed by atoms with van der Waals surface area (Å²) in [5.74, 6) is 0.913. The summed E-state index contributed by atoms with van der Waals surface area (Å²) in [6.45, 7) is 0. The second-order valence-electron chi connectivity index (χ2n) is 6.61. The van der Waals surface area contributed by atoms with Gasteiger partial charge in [0.2, 0.25) is 0 Å². The van der Waals surface area contributed by atoms with Crippen molar-refractivity contribution in [3.63, 3.8) is 0 Å². The number of rotatable bonds is 3. The van der Waals surface area contributed by atoms with Crippen LogP contribution in [0.1, 0.15) is 30.4 Å². The molecule has 1 unspecified atom stereocenters. The third-order valence-corrected chi connectivity index (χ3v) is 5.11. The molecular formula is C19H22N2O2. The third kappa shape index (κ3) is 2.62. The third-order valence-electron chi connectivity index (χ3n) is 5.11. The van der Waals surface area contributed by atoms with Gasteiger partial charge in [0, 0.05) is 17.6 Å². The Bertz CT molecular complexity index is 752. The van der Waals surface area contributed by atoms with Gasteiger partial charge in [0.15, 0.2) is 0 Å². The van der Waals surface area contributed by atoms with Crippen LogP contribution >= 0.6 is 0 Å². The average Bonchev–Trinajstić information content (AvgIpc) is 2.51. The van der Waals surface area contributed by atoms with E-state index in [4.69, 9.17) is 4.74 Å². The van der Waals surface area contributed by atoms with Gasteiger partial charge in [0.05, 0.1) is 7.11 Å². The molecule has 1 saturated carbocycles. The molecule has 2 aromatic carbocycles. The smallest absolute Gasteiger partial charge is 0.315 e. The fourth-order valence-electron chi connectivity index (χ4n) is 3.73. The van der Waals surface area contributed by atoms with Crippen LogP contribution in [0.25, 0.3) is 10.8 Å². The van der Waals surface area contributed by atoms with E-state index in [1.165, 1.54) is 28.3 Å². The summed E-state index contributed by atoms with van der Waals surface area (Å²) in [5.41, 5.74) is 2.50. The number of hydrogen-bond donors (Lipinski definition) is 2. The van der Waals surface area contributed by atoms with Crippen molar-refractivity contribution < 1.29 is 9.53 Å². The van der Waals surface area contributed by atoms with E-state index in [9.17, 15) is 4.79 Å². The fourth-order valence-corrected chi connectivity index (χ4v) is 3.73. The van der Waals surface area contributed by atoms with Crippen LogP contribution in [-0.4, -0.2) is 25.2 Å². The number of carbonyl (C=O) groups is 1. The largest absolute Gasteiger partial charge is 0.496 e. The highest BCUT2D eigenvalue weighted by atomic mass is 16.5. The van der Waals surface area contributed by atoms with E-state index >= 15 is 0 Å². The summed E-state index contributed by atoms with van der Waals surface area (Å²) < 4.78 is 5.55. The molecule has 23 heavy (non-hydrogen) atoms. The van der Waals surface area contributed by atoms with Gasteiger partial charge in [-0.15, -0.1) is 0 Å². The van der Waals surface area contributed by atoms with Crippen LogP contribution in [0.15, 0.2) is 30.3 Å². The van der Waals surface area contributed by atoms with Crippen LogP contribution < -0.4 is 15.4 Å². The molecule has 0 saturated heterocycles. The Labute approximate surface area is 136 Å². The van der Waals surface area contributed by atoms with Crippen LogP contribution in [0.3, 0.4) is 0 Å². The lowest BCUT2D eigenvalue weighted by Crippen LogP contribution is -2.50. The van der Waals surface area contributed by atoms with E-state index in [0.717, 1.165) is 31.4 Å². The lowest BCUT2D eigenvalue weighted by molar-refractivity contribution is 0.224. The van der Waals surface area contributed by atoms with Gasteiger partial charge in [-0.1, -0.05) is 24.3 Å². The van der Waals surface area contributed by atoms with Gasteiger partial charge in [-0.2, -0.15) is 0 Å². The van der Waals surface area contributed by atoms with Crippen molar-refractivity contribution in [2.24, 2.45) is 0 Å². The highest BCUT2D eigenvalue weighted by Gasteiger charge is 2.26. The van der Waals surface area contributed by atoms with Crippen LogP contribution in [0.5, 0.6) is 5.75 Å². The topological polar surface area (TPSA) is 50.4 Å². The minimum Gasteiger partial charge on any atom is -0.496 e. The predicted molar refractivity (Wildman–Crippen MR) is 91.0 cm³/mol. The lowest BCUT2D eigenvalue weighted by Gasteiger charge is -2.30. The van der Waals surface area contributed by atoms with Crippen LogP contribution in [-0.2, 0) is 12.8 Å². The van der Waals surface area contributed by atoms with Gasteiger partial charge in [0.25, 0.3) is 0 Å². The van der Waals surface area contributed by atoms with Crippen molar-refractivity contribution in [2.45, 2.75) is 44.2 Å². The summed E-state index contributed by atoms with van der Waals surface area (Å²) in [6, 6.07) is 11.0. The zero-order chi connectivity index (χ0) is 15.8. The number of nitrogens with one attached hydrogen (secondary N) is 2. The van der Waals surface area contributed by atoms with Gasteiger partial charge in [-0.25, -0.2) is 4.79 Å². The van der Waals surface area contributed by atoms with Gasteiger partial charge >= 0.3 is 6.03 Å². The molecule has 2 N–H and O–H groups in total. The standard InChI is InChI=1S/C19H22N2O2/c1-23-17-9-8-12-4-2-5-13-10-15(11-16(17)18(12)13)21-19(22)20-14-6-3-7-14/h2,4-5,8-9,14-15H,3,6-7,10-11H2,1H3,(H2,20,21,22). The van der Waals surface area contributed by atoms with E-state index in [1.54, 1.807) is 7.11 Å². The maximum absolute atomic E-state index is 12.2. The average molecular weight is 310 g/mol. The molecule has 0 aromatic heterocycles. The first kappa shape index (κ1) is 14.4. The lowest BCUT2D eigenvalue weighted by atomic mass is 9.85. The number of ether oxygens (including phenoxy) is 1. The highest BCUT2D eigenvalue weighted by Crippen LogP contribution is 2.35. The fraction of sp³-hybridized carbons (Fsp3) is 0.421. The van der Waals surface area contributed by atoms with E-state index in [1.807, 2.05) is 6.07 Å². The van der Waals surface area contributed by atoms with Crippen LogP contribution in [0.2, 0.25) is 0 Å². The van der Waals surface area contributed by atoms with Crippen molar-refractivity contribution >= 4 is 16.8 Å². The first-order valence-corrected chi connectivity index (χ1v) is 8.39. The zero-order valence-electron chi connectivity index (χ0n) is 13.4. The molecule has 2 aliphatic rings. The Morgan fingerprint density at radius 2 is 1.91 bits per heavy atom. The minimum absolute atomic E-state index is 0.0368. The van der Waals surface area contributed by atoms with Gasteiger partial charge < -0.3 is 15.4 Å². The normalized spacial score (nSPS) is 20.0. The van der Waals surface area contributed by atoms with Gasteiger partial charge in [0.1, 0.15) is 5.75 Å². The van der Waals surface area contributed by atoms with E-state index < -0.39 is 0 Å². The molecule has 2 amide bonds. The molecule has 120 valence electrons. The van der Waals surface area contributed by atoms with Crippen LogP contribution in [0.4, 0.5) is 4.79 Å². The molecule has 4 heteroatoms. The van der Waals surface area contributed by atoms with Crippen molar-refractivity contribution in [1.29, 1.82) is 0 Å². The SMILES string of the molecule is COc1ccc2cccc3c2c1CC(NC(=O)NC1CCC1)C3. The minimum atomic E-state index is -0.0368. The van der Waals surface area contributed by atoms with E-state index in [0.29, 0.717) is 6.04 Å². The summed E-state index contributed by atoms with van der Waals surface area (Å²) in [6.07, 6.45) is 5.12. The van der Waals surface area contributed by atoms with Crippen molar-refractivity contribution in [3.05, 3.63) is 41.5 Å². The maximum atomic E-state index is 12.2. The van der Waals surface area contributed by atoms with E-state index in [2.05, 4.69) is 34.9 Å². The molecule has 0 heterocycles. The quantitative estimate of drug-likeness (QED) is 0.915. The summed E-state index contributed by atoms with van der Waals surface area (Å²) >= 11 is 0. The molecule has 0 spiro atoms. The Hall–Kier alpha value is -2.23. The van der Waals surface area contributed by atoms with Gasteiger partial charge in [-0.3, -0.25) is 0 Å². The summed E-state index contributed by atoms with van der Waals surface area (Å²) in [5, 5.41) is 8.75. The van der Waals surface area contributed by atoms with Gasteiger partial charge in [-0.05, 0) is 54.5 Å². The number of amides is 2. The van der Waals surface area contributed by atoms with Crippen molar-refractivity contribution in [3.8, 4) is 5.75 Å². The number of urea groups is 1. The first-order valence-electron chi connectivity index (χ1n) is 8.39.